The van der Waals surface area contributed by atoms with Crippen LogP contribution in [0.4, 0.5) is 0 Å². The first-order chi connectivity index (χ1) is 11.2. The van der Waals surface area contributed by atoms with E-state index in [-0.39, 0.29) is 24.2 Å². The van der Waals surface area contributed by atoms with E-state index < -0.39 is 18.0 Å². The lowest BCUT2D eigenvalue weighted by Crippen LogP contribution is -2.54. The van der Waals surface area contributed by atoms with Crippen LogP contribution in [-0.4, -0.2) is 67.0 Å². The Balaban J connectivity index is 4.74. The maximum absolute atomic E-state index is 12.2. The zero-order valence-electron chi connectivity index (χ0n) is 15.4. The quantitative estimate of drug-likeness (QED) is 0.291. The summed E-state index contributed by atoms with van der Waals surface area (Å²) in [6, 6.07) is -1.52. The third-order valence-electron chi connectivity index (χ3n) is 3.58. The molecular formula is C16H32N4O4. The maximum Gasteiger partial charge on any atom is 0.242 e. The molecule has 0 saturated heterocycles. The average molecular weight is 344 g/mol. The number of nitrogens with one attached hydrogen (secondary N) is 3. The molecule has 0 saturated carbocycles. The molecule has 0 aromatic heterocycles. The molecule has 0 rings (SSSR count). The van der Waals surface area contributed by atoms with E-state index in [1.54, 1.807) is 13.8 Å². The van der Waals surface area contributed by atoms with Crippen LogP contribution in [0.15, 0.2) is 0 Å². The van der Waals surface area contributed by atoms with Crippen LogP contribution < -0.4 is 16.1 Å². The lowest BCUT2D eigenvalue weighted by molar-refractivity contribution is -0.133. The molecule has 0 spiro atoms. The average Bonchev–Trinajstić information content (AvgIpc) is 2.47. The topological polar surface area (TPSA) is 111 Å². The minimum Gasteiger partial charge on any atom is -0.347 e. The van der Waals surface area contributed by atoms with Gasteiger partial charge in [0.15, 0.2) is 0 Å². The number of unbranched alkanes of at least 4 members (excludes halogenated alkanes) is 1. The molecule has 4 N–H and O–H groups in total. The highest BCUT2D eigenvalue weighted by Crippen LogP contribution is 2.06. The smallest absolute Gasteiger partial charge is 0.242 e. The fourth-order valence-corrected chi connectivity index (χ4v) is 2.15. The van der Waals surface area contributed by atoms with E-state index >= 15 is 0 Å². The molecule has 0 radical (unpaired) electrons. The van der Waals surface area contributed by atoms with Crippen LogP contribution in [0.5, 0.6) is 0 Å². The van der Waals surface area contributed by atoms with Crippen molar-refractivity contribution in [1.29, 1.82) is 0 Å². The first-order valence-corrected chi connectivity index (χ1v) is 8.30. The zero-order chi connectivity index (χ0) is 18.7. The summed E-state index contributed by atoms with van der Waals surface area (Å²) in [5, 5.41) is 14.3. The van der Waals surface area contributed by atoms with Gasteiger partial charge in [0.25, 0.3) is 0 Å². The van der Waals surface area contributed by atoms with Gasteiger partial charge in [-0.15, -0.1) is 0 Å². The molecule has 0 bridgehead atoms. The summed E-state index contributed by atoms with van der Waals surface area (Å²) in [5.41, 5.74) is 1.97. The van der Waals surface area contributed by atoms with Gasteiger partial charge in [0.05, 0.1) is 6.54 Å². The molecular weight excluding hydrogens is 312 g/mol. The molecule has 2 amide bonds. The summed E-state index contributed by atoms with van der Waals surface area (Å²) in [5.74, 6) is -1.12. The van der Waals surface area contributed by atoms with Crippen molar-refractivity contribution in [1.82, 2.24) is 21.0 Å². The van der Waals surface area contributed by atoms with E-state index in [0.29, 0.717) is 6.42 Å². The van der Waals surface area contributed by atoms with Gasteiger partial charge in [-0.25, -0.2) is 0 Å². The van der Waals surface area contributed by atoms with Crippen LogP contribution in [0, 0.1) is 5.92 Å². The van der Waals surface area contributed by atoms with Crippen molar-refractivity contribution in [2.24, 2.45) is 5.92 Å². The molecule has 0 aliphatic carbocycles. The molecule has 2 atom stereocenters. The van der Waals surface area contributed by atoms with E-state index in [0.717, 1.165) is 19.4 Å². The van der Waals surface area contributed by atoms with Gasteiger partial charge < -0.3 is 20.7 Å². The molecule has 140 valence electrons. The van der Waals surface area contributed by atoms with E-state index in [2.05, 4.69) is 10.6 Å². The van der Waals surface area contributed by atoms with Crippen molar-refractivity contribution >= 4 is 17.6 Å². The van der Waals surface area contributed by atoms with Crippen LogP contribution in [-0.2, 0) is 14.4 Å². The Kier molecular flexibility index (Phi) is 11.2. The Morgan fingerprint density at radius 3 is 2.17 bits per heavy atom. The minimum atomic E-state index is -0.796. The highest BCUT2D eigenvalue weighted by Gasteiger charge is 2.26. The second-order valence-corrected chi connectivity index (χ2v) is 6.63. The van der Waals surface area contributed by atoms with Crippen LogP contribution >= 0.6 is 0 Å². The predicted molar refractivity (Wildman–Crippen MR) is 91.6 cm³/mol. The van der Waals surface area contributed by atoms with Gasteiger partial charge in [0.2, 0.25) is 11.8 Å². The minimum absolute atomic E-state index is 0.0608. The van der Waals surface area contributed by atoms with Gasteiger partial charge >= 0.3 is 0 Å². The Labute approximate surface area is 144 Å². The molecule has 0 unspecified atom stereocenters. The number of Topliss-reactive ketones (excluding diaryl/α,β-unsaturated/α-hetero) is 1. The molecule has 0 aromatic carbocycles. The fourth-order valence-electron chi connectivity index (χ4n) is 2.15. The zero-order valence-corrected chi connectivity index (χ0v) is 15.4. The van der Waals surface area contributed by atoms with Crippen LogP contribution in [0.1, 0.15) is 40.0 Å². The van der Waals surface area contributed by atoms with Crippen molar-refractivity contribution in [3.8, 4) is 0 Å². The second-order valence-electron chi connectivity index (χ2n) is 6.63. The number of rotatable bonds is 12. The predicted octanol–water partition coefficient (Wildman–Crippen LogP) is -0.0883. The molecule has 0 aromatic rings. The Morgan fingerprint density at radius 1 is 1.08 bits per heavy atom. The molecule has 0 heterocycles. The van der Waals surface area contributed by atoms with Crippen LogP contribution in [0.3, 0.4) is 0 Å². The molecule has 0 aliphatic rings. The SMILES string of the molecule is CC(=O)CNC(=O)[C@H](CCCCN(C)C)NC(=O)[C@@H](NO)C(C)C. The lowest BCUT2D eigenvalue weighted by Gasteiger charge is -2.23. The Hall–Kier alpha value is -1.51. The number of hydrogen-bond donors (Lipinski definition) is 4. The number of nitrogens with zero attached hydrogens (tertiary/aromatic N) is 1. The molecule has 0 aliphatic heterocycles. The molecule has 0 fully saturated rings. The Bertz CT molecular complexity index is 413. The maximum atomic E-state index is 12.2. The normalized spacial score (nSPS) is 13.7. The summed E-state index contributed by atoms with van der Waals surface area (Å²) >= 11 is 0. The highest BCUT2D eigenvalue weighted by molar-refractivity contribution is 5.91. The van der Waals surface area contributed by atoms with Crippen molar-refractivity contribution in [2.45, 2.75) is 52.1 Å². The van der Waals surface area contributed by atoms with Crippen molar-refractivity contribution in [3.63, 3.8) is 0 Å². The number of hydroxylamine groups is 1. The van der Waals surface area contributed by atoms with Crippen molar-refractivity contribution < 1.29 is 19.6 Å². The molecule has 8 nitrogen and oxygen atoms in total. The number of amides is 2. The monoisotopic (exact) mass is 344 g/mol. The lowest BCUT2D eigenvalue weighted by atomic mass is 10.0. The van der Waals surface area contributed by atoms with Gasteiger partial charge in [-0.2, -0.15) is 5.48 Å². The fraction of sp³-hybridized carbons (Fsp3) is 0.812. The summed E-state index contributed by atoms with van der Waals surface area (Å²) in [6.07, 6.45) is 2.13. The number of carbonyl (C=O) groups is 3. The number of carbonyl (C=O) groups excluding carboxylic acids is 3. The standard InChI is InChI=1S/C16H32N4O4/c1-11(2)14(19-24)16(23)18-13(8-6-7-9-20(4)5)15(22)17-10-12(3)21/h11,13-14,19,24H,6-10H2,1-5H3,(H,17,22)(H,18,23)/t13-,14-/m0/s1. The summed E-state index contributed by atoms with van der Waals surface area (Å²) in [7, 11) is 3.94. The van der Waals surface area contributed by atoms with Crippen molar-refractivity contribution in [2.75, 3.05) is 27.2 Å². The van der Waals surface area contributed by atoms with E-state index in [4.69, 9.17) is 5.21 Å². The number of ketones is 1. The summed E-state index contributed by atoms with van der Waals surface area (Å²) in [4.78, 5) is 37.5. The summed E-state index contributed by atoms with van der Waals surface area (Å²) in [6.45, 7) is 5.79. The van der Waals surface area contributed by atoms with Gasteiger partial charge in [-0.3, -0.25) is 14.4 Å². The summed E-state index contributed by atoms with van der Waals surface area (Å²) < 4.78 is 0. The van der Waals surface area contributed by atoms with Crippen LogP contribution in [0.2, 0.25) is 0 Å². The first kappa shape index (κ1) is 22.5. The van der Waals surface area contributed by atoms with Gasteiger partial charge in [-0.05, 0) is 52.7 Å². The van der Waals surface area contributed by atoms with Crippen molar-refractivity contribution in [3.05, 3.63) is 0 Å². The van der Waals surface area contributed by atoms with E-state index in [1.165, 1.54) is 6.92 Å². The second kappa shape index (κ2) is 11.9. The van der Waals surface area contributed by atoms with E-state index in [1.807, 2.05) is 24.5 Å². The van der Waals surface area contributed by atoms with Gasteiger partial charge in [-0.1, -0.05) is 13.8 Å². The largest absolute Gasteiger partial charge is 0.347 e. The highest BCUT2D eigenvalue weighted by atomic mass is 16.5. The van der Waals surface area contributed by atoms with Gasteiger partial charge in [0, 0.05) is 0 Å². The molecule has 8 heteroatoms. The Morgan fingerprint density at radius 2 is 1.71 bits per heavy atom. The molecule has 24 heavy (non-hydrogen) atoms. The van der Waals surface area contributed by atoms with E-state index in [9.17, 15) is 14.4 Å². The first-order valence-electron chi connectivity index (χ1n) is 8.30. The van der Waals surface area contributed by atoms with Gasteiger partial charge in [0.1, 0.15) is 17.9 Å². The third-order valence-corrected chi connectivity index (χ3v) is 3.58. The number of hydrogen-bond acceptors (Lipinski definition) is 6. The van der Waals surface area contributed by atoms with Crippen LogP contribution in [0.25, 0.3) is 0 Å². The third kappa shape index (κ3) is 9.59.